The summed E-state index contributed by atoms with van der Waals surface area (Å²) in [5.41, 5.74) is 2.73. The lowest BCUT2D eigenvalue weighted by Crippen LogP contribution is -1.82. The molecule has 0 aliphatic rings. The molecule has 0 bridgehead atoms. The van der Waals surface area contributed by atoms with Gasteiger partial charge in [-0.25, -0.2) is 0 Å². The molecule has 1 rings (SSSR count). The van der Waals surface area contributed by atoms with Gasteiger partial charge in [0.15, 0.2) is 0 Å². The molecule has 0 fully saturated rings. The van der Waals surface area contributed by atoms with E-state index in [0.717, 1.165) is 0 Å². The summed E-state index contributed by atoms with van der Waals surface area (Å²) < 4.78 is 0. The van der Waals surface area contributed by atoms with Crippen molar-refractivity contribution in [1.82, 2.24) is 0 Å². The molecule has 0 atom stereocenters. The van der Waals surface area contributed by atoms with Crippen molar-refractivity contribution in [1.29, 1.82) is 0 Å². The minimum absolute atomic E-state index is 1.19. The van der Waals surface area contributed by atoms with Crippen LogP contribution < -0.4 is 0 Å². The van der Waals surface area contributed by atoms with Crippen molar-refractivity contribution in [3.05, 3.63) is 54.1 Å². The molecule has 20 heavy (non-hydrogen) atoms. The van der Waals surface area contributed by atoms with E-state index in [9.17, 15) is 0 Å². The number of allylic oxidation sites excluding steroid dienone is 4. The van der Waals surface area contributed by atoms with Gasteiger partial charge in [0.1, 0.15) is 0 Å². The van der Waals surface area contributed by atoms with Gasteiger partial charge in [-0.2, -0.15) is 0 Å². The lowest BCUT2D eigenvalue weighted by molar-refractivity contribution is 0.675. The monoisotopic (exact) mass is 270 g/mol. The molecular formula is C20H30. The first-order chi connectivity index (χ1) is 9.88. The lowest BCUT2D eigenvalue weighted by atomic mass is 10.0. The van der Waals surface area contributed by atoms with Crippen molar-refractivity contribution in [2.24, 2.45) is 0 Å². The zero-order valence-corrected chi connectivity index (χ0v) is 13.3. The first-order valence-electron chi connectivity index (χ1n) is 8.30. The molecule has 0 aromatic heterocycles. The second kappa shape index (κ2) is 11.5. The summed E-state index contributed by atoms with van der Waals surface area (Å²) in [5.74, 6) is 0. The minimum Gasteiger partial charge on any atom is -0.0839 e. The molecule has 1 aromatic rings. The molecular weight excluding hydrogens is 240 g/mol. The fraction of sp³-hybridized carbons (Fsp3) is 0.500. The van der Waals surface area contributed by atoms with Crippen LogP contribution in [0.4, 0.5) is 0 Å². The highest BCUT2D eigenvalue weighted by Crippen LogP contribution is 2.18. The molecule has 0 amide bonds. The normalized spacial score (nSPS) is 12.2. The van der Waals surface area contributed by atoms with Gasteiger partial charge < -0.3 is 0 Å². The SMILES string of the molecule is CCCC/C=C/C(=C/CCCCCC)c1ccccc1. The predicted molar refractivity (Wildman–Crippen MR) is 91.8 cm³/mol. The van der Waals surface area contributed by atoms with Gasteiger partial charge in [-0.15, -0.1) is 0 Å². The van der Waals surface area contributed by atoms with Gasteiger partial charge in [-0.1, -0.05) is 94.5 Å². The van der Waals surface area contributed by atoms with E-state index >= 15 is 0 Å². The van der Waals surface area contributed by atoms with E-state index in [1.54, 1.807) is 0 Å². The van der Waals surface area contributed by atoms with Crippen LogP contribution in [-0.2, 0) is 0 Å². The molecule has 110 valence electrons. The van der Waals surface area contributed by atoms with Crippen LogP contribution in [0.15, 0.2) is 48.6 Å². The summed E-state index contributed by atoms with van der Waals surface area (Å²) in [7, 11) is 0. The Hall–Kier alpha value is -1.30. The number of hydrogen-bond acceptors (Lipinski definition) is 0. The van der Waals surface area contributed by atoms with Crippen LogP contribution in [0.25, 0.3) is 5.57 Å². The maximum atomic E-state index is 2.41. The molecule has 0 heteroatoms. The Kier molecular flexibility index (Phi) is 9.65. The molecule has 1 aromatic carbocycles. The molecule has 0 aliphatic carbocycles. The van der Waals surface area contributed by atoms with Gasteiger partial charge in [0.05, 0.1) is 0 Å². The number of benzene rings is 1. The molecule has 0 heterocycles. The van der Waals surface area contributed by atoms with Gasteiger partial charge >= 0.3 is 0 Å². The largest absolute Gasteiger partial charge is 0.0839 e. The van der Waals surface area contributed by atoms with E-state index in [1.165, 1.54) is 62.5 Å². The second-order valence-corrected chi connectivity index (χ2v) is 5.42. The average molecular weight is 270 g/mol. The van der Waals surface area contributed by atoms with Crippen LogP contribution in [0.3, 0.4) is 0 Å². The Morgan fingerprint density at radius 3 is 2.30 bits per heavy atom. The molecule has 0 saturated heterocycles. The number of rotatable bonds is 10. The van der Waals surface area contributed by atoms with Crippen LogP contribution >= 0.6 is 0 Å². The van der Waals surface area contributed by atoms with Crippen LogP contribution in [0.2, 0.25) is 0 Å². The Bertz CT molecular complexity index is 384. The zero-order valence-electron chi connectivity index (χ0n) is 13.3. The zero-order chi connectivity index (χ0) is 14.5. The van der Waals surface area contributed by atoms with Crippen molar-refractivity contribution in [2.75, 3.05) is 0 Å². The lowest BCUT2D eigenvalue weighted by Gasteiger charge is -2.03. The maximum absolute atomic E-state index is 2.41. The van der Waals surface area contributed by atoms with Crippen LogP contribution in [0.1, 0.15) is 70.8 Å². The number of hydrogen-bond donors (Lipinski definition) is 0. The Morgan fingerprint density at radius 1 is 0.850 bits per heavy atom. The van der Waals surface area contributed by atoms with Gasteiger partial charge in [0.2, 0.25) is 0 Å². The van der Waals surface area contributed by atoms with Gasteiger partial charge in [-0.05, 0) is 30.4 Å². The molecule has 0 nitrogen and oxygen atoms in total. The molecule has 0 spiro atoms. The summed E-state index contributed by atoms with van der Waals surface area (Å²) in [4.78, 5) is 0. The Morgan fingerprint density at radius 2 is 1.60 bits per heavy atom. The van der Waals surface area contributed by atoms with Gasteiger partial charge in [-0.3, -0.25) is 0 Å². The van der Waals surface area contributed by atoms with Crippen molar-refractivity contribution < 1.29 is 0 Å². The third-order valence-corrected chi connectivity index (χ3v) is 3.55. The van der Waals surface area contributed by atoms with Gasteiger partial charge in [0, 0.05) is 0 Å². The molecule has 0 unspecified atom stereocenters. The fourth-order valence-corrected chi connectivity index (χ4v) is 2.27. The molecule has 0 radical (unpaired) electrons. The van der Waals surface area contributed by atoms with E-state index in [4.69, 9.17) is 0 Å². The van der Waals surface area contributed by atoms with Crippen molar-refractivity contribution in [2.45, 2.75) is 65.2 Å². The molecule has 0 aliphatic heterocycles. The highest BCUT2D eigenvalue weighted by Gasteiger charge is 1.96. The average Bonchev–Trinajstić information content (AvgIpc) is 2.50. The van der Waals surface area contributed by atoms with E-state index in [0.29, 0.717) is 0 Å². The van der Waals surface area contributed by atoms with Crippen molar-refractivity contribution in [3.63, 3.8) is 0 Å². The molecule has 0 saturated carbocycles. The van der Waals surface area contributed by atoms with Gasteiger partial charge in [0.25, 0.3) is 0 Å². The summed E-state index contributed by atoms with van der Waals surface area (Å²) in [6.45, 7) is 4.51. The fourth-order valence-electron chi connectivity index (χ4n) is 2.27. The standard InChI is InChI=1S/C20H30/c1-3-5-7-9-12-16-19(15-11-8-6-4-2)20-17-13-10-14-18-20/h10-11,13-18H,3-9,12H2,1-2H3/b15-11+,19-16-. The Labute approximate surface area is 125 Å². The summed E-state index contributed by atoms with van der Waals surface area (Å²) in [6.07, 6.45) is 17.3. The minimum atomic E-state index is 1.19. The Balaban J connectivity index is 2.59. The highest BCUT2D eigenvalue weighted by molar-refractivity contribution is 5.73. The highest BCUT2D eigenvalue weighted by atomic mass is 14.0. The first-order valence-corrected chi connectivity index (χ1v) is 8.30. The van der Waals surface area contributed by atoms with Crippen molar-refractivity contribution in [3.8, 4) is 0 Å². The third kappa shape index (κ3) is 7.33. The third-order valence-electron chi connectivity index (χ3n) is 3.55. The van der Waals surface area contributed by atoms with Crippen LogP contribution in [0.5, 0.6) is 0 Å². The van der Waals surface area contributed by atoms with Crippen molar-refractivity contribution >= 4 is 5.57 Å². The first kappa shape index (κ1) is 16.8. The predicted octanol–water partition coefficient (Wildman–Crippen LogP) is 6.79. The number of unbranched alkanes of at least 4 members (excludes halogenated alkanes) is 6. The van der Waals surface area contributed by atoms with E-state index in [1.807, 2.05) is 0 Å². The maximum Gasteiger partial charge on any atom is -0.0187 e. The topological polar surface area (TPSA) is 0 Å². The summed E-state index contributed by atoms with van der Waals surface area (Å²) >= 11 is 0. The summed E-state index contributed by atoms with van der Waals surface area (Å²) in [6, 6.07) is 10.8. The quantitative estimate of drug-likeness (QED) is 0.324. The van der Waals surface area contributed by atoms with E-state index in [2.05, 4.69) is 62.4 Å². The smallest absolute Gasteiger partial charge is 0.0187 e. The molecule has 0 N–H and O–H groups in total. The second-order valence-electron chi connectivity index (χ2n) is 5.42. The van der Waals surface area contributed by atoms with Crippen LogP contribution in [-0.4, -0.2) is 0 Å². The van der Waals surface area contributed by atoms with Crippen LogP contribution in [0, 0.1) is 0 Å². The van der Waals surface area contributed by atoms with E-state index < -0.39 is 0 Å². The summed E-state index contributed by atoms with van der Waals surface area (Å²) in [5, 5.41) is 0. The van der Waals surface area contributed by atoms with E-state index in [-0.39, 0.29) is 0 Å².